The summed E-state index contributed by atoms with van der Waals surface area (Å²) in [5.74, 6) is 0. The molecule has 0 N–H and O–H groups in total. The van der Waals surface area contributed by atoms with Gasteiger partial charge in [0.2, 0.25) is 0 Å². The third kappa shape index (κ3) is 4.38. The Morgan fingerprint density at radius 2 is 2.43 bits per heavy atom. The lowest BCUT2D eigenvalue weighted by Crippen LogP contribution is -2.00. The molecule has 0 radical (unpaired) electrons. The Morgan fingerprint density at radius 1 is 1.57 bits per heavy atom. The highest BCUT2D eigenvalue weighted by atomic mass is 33.1. The maximum Gasteiger partial charge on any atom is 0.521 e. The second-order valence-electron chi connectivity index (χ2n) is 2.09. The van der Waals surface area contributed by atoms with Crippen LogP contribution >= 0.6 is 21.9 Å². The number of pyridine rings is 1. The van der Waals surface area contributed by atoms with E-state index < -0.39 is 6.16 Å². The van der Waals surface area contributed by atoms with E-state index in [0.717, 1.165) is 16.1 Å². The van der Waals surface area contributed by atoms with Crippen LogP contribution in [0.5, 0.6) is 0 Å². The minimum Gasteiger partial charge on any atom is -0.434 e. The van der Waals surface area contributed by atoms with E-state index in [1.54, 1.807) is 13.1 Å². The molecule has 14 heavy (non-hydrogen) atoms. The van der Waals surface area contributed by atoms with Crippen LogP contribution in [0.3, 0.4) is 0 Å². The van der Waals surface area contributed by atoms with Crippen LogP contribution in [0.25, 0.3) is 0 Å². The first kappa shape index (κ1) is 11.2. The lowest BCUT2D eigenvalue weighted by molar-refractivity contribution is 0.112. The van der Waals surface area contributed by atoms with Crippen molar-refractivity contribution in [3.8, 4) is 0 Å². The van der Waals surface area contributed by atoms with Gasteiger partial charge in [-0.15, -0.1) is 0 Å². The fourth-order valence-corrected chi connectivity index (χ4v) is 1.84. The number of nitrogens with zero attached hydrogens (tertiary/aromatic N) is 1. The molecule has 0 aromatic carbocycles. The average Bonchev–Trinajstić information content (AvgIpc) is 2.20. The first-order valence-electron chi connectivity index (χ1n) is 3.92. The van der Waals surface area contributed by atoms with E-state index in [1.807, 2.05) is 18.2 Å². The monoisotopic (exact) mass is 231 g/mol. The maximum atomic E-state index is 10.7. The van der Waals surface area contributed by atoms with Crippen molar-refractivity contribution in [2.24, 2.45) is 0 Å². The molecule has 4 nitrogen and oxygen atoms in total. The van der Waals surface area contributed by atoms with Gasteiger partial charge in [-0.1, -0.05) is 6.07 Å². The fourth-order valence-electron chi connectivity index (χ4n) is 0.618. The second kappa shape index (κ2) is 6.56. The van der Waals surface area contributed by atoms with Gasteiger partial charge in [0.15, 0.2) is 0 Å². The standard InChI is InChI=1S/C8H9NO3S2/c1-2-11-8(10)12-14-13-7-5-3-4-6-9-7/h3-6H,2H2,1H3. The van der Waals surface area contributed by atoms with Gasteiger partial charge in [0.1, 0.15) is 16.1 Å². The van der Waals surface area contributed by atoms with Crippen molar-refractivity contribution in [1.29, 1.82) is 0 Å². The molecule has 0 unspecified atom stereocenters. The van der Waals surface area contributed by atoms with E-state index in [4.69, 9.17) is 0 Å². The van der Waals surface area contributed by atoms with Gasteiger partial charge in [0.05, 0.1) is 6.61 Å². The highest BCUT2D eigenvalue weighted by Gasteiger charge is 2.04. The van der Waals surface area contributed by atoms with Gasteiger partial charge in [-0.05, 0) is 19.1 Å². The van der Waals surface area contributed by atoms with Crippen LogP contribution in [0.4, 0.5) is 4.79 Å². The van der Waals surface area contributed by atoms with Crippen LogP contribution in [0.2, 0.25) is 0 Å². The van der Waals surface area contributed by atoms with Crippen molar-refractivity contribution in [1.82, 2.24) is 4.98 Å². The first-order valence-corrected chi connectivity index (χ1v) is 5.99. The molecule has 0 aliphatic carbocycles. The van der Waals surface area contributed by atoms with Gasteiger partial charge in [0.25, 0.3) is 0 Å². The lowest BCUT2D eigenvalue weighted by atomic mass is 10.5. The summed E-state index contributed by atoms with van der Waals surface area (Å²) in [6, 6.07) is 5.51. The van der Waals surface area contributed by atoms with Crippen LogP contribution < -0.4 is 0 Å². The predicted octanol–water partition coefficient (Wildman–Crippen LogP) is 2.91. The Labute approximate surface area is 90.0 Å². The van der Waals surface area contributed by atoms with Crippen molar-refractivity contribution in [2.45, 2.75) is 11.9 Å². The molecule has 0 fully saturated rings. The summed E-state index contributed by atoms with van der Waals surface area (Å²) < 4.78 is 9.23. The normalized spacial score (nSPS) is 9.50. The van der Waals surface area contributed by atoms with Crippen LogP contribution in [0.1, 0.15) is 6.92 Å². The molecule has 0 saturated carbocycles. The lowest BCUT2D eigenvalue weighted by Gasteiger charge is -2.00. The van der Waals surface area contributed by atoms with Crippen molar-refractivity contribution < 1.29 is 13.7 Å². The van der Waals surface area contributed by atoms with Gasteiger partial charge >= 0.3 is 6.16 Å². The van der Waals surface area contributed by atoms with Gasteiger partial charge < -0.3 is 8.92 Å². The van der Waals surface area contributed by atoms with Crippen LogP contribution in [0.15, 0.2) is 29.4 Å². The first-order chi connectivity index (χ1) is 6.83. The van der Waals surface area contributed by atoms with Gasteiger partial charge in [-0.2, -0.15) is 0 Å². The van der Waals surface area contributed by atoms with E-state index in [9.17, 15) is 4.79 Å². The topological polar surface area (TPSA) is 48.4 Å². The molecule has 0 atom stereocenters. The Kier molecular flexibility index (Phi) is 5.24. The van der Waals surface area contributed by atoms with Crippen molar-refractivity contribution in [3.05, 3.63) is 24.4 Å². The van der Waals surface area contributed by atoms with Gasteiger partial charge in [0, 0.05) is 17.0 Å². The molecule has 1 heterocycles. The molecule has 0 spiro atoms. The number of hydrogen-bond acceptors (Lipinski definition) is 6. The summed E-state index contributed by atoms with van der Waals surface area (Å²) in [5.41, 5.74) is 0. The summed E-state index contributed by atoms with van der Waals surface area (Å²) in [7, 11) is 1.26. The zero-order chi connectivity index (χ0) is 10.2. The molecule has 0 aliphatic rings. The zero-order valence-electron chi connectivity index (χ0n) is 7.50. The third-order valence-electron chi connectivity index (χ3n) is 1.12. The Bertz CT molecular complexity index is 281. The van der Waals surface area contributed by atoms with Gasteiger partial charge in [-0.25, -0.2) is 9.78 Å². The predicted molar refractivity (Wildman–Crippen MR) is 55.8 cm³/mol. The fraction of sp³-hybridized carbons (Fsp3) is 0.250. The minimum atomic E-state index is -0.680. The molecular formula is C8H9NO3S2. The van der Waals surface area contributed by atoms with E-state index in [0.29, 0.717) is 6.61 Å². The van der Waals surface area contributed by atoms with Gasteiger partial charge in [-0.3, -0.25) is 0 Å². The molecule has 1 aromatic heterocycles. The van der Waals surface area contributed by atoms with Crippen molar-refractivity contribution in [2.75, 3.05) is 6.61 Å². The van der Waals surface area contributed by atoms with Crippen molar-refractivity contribution in [3.63, 3.8) is 0 Å². The smallest absolute Gasteiger partial charge is 0.434 e. The molecule has 0 amide bonds. The minimum absolute atomic E-state index is 0.313. The number of ether oxygens (including phenoxy) is 1. The Hall–Kier alpha value is -0.880. The average molecular weight is 231 g/mol. The summed E-state index contributed by atoms with van der Waals surface area (Å²) in [5, 5.41) is 0.779. The van der Waals surface area contributed by atoms with Crippen LogP contribution in [-0.2, 0) is 8.92 Å². The van der Waals surface area contributed by atoms with E-state index in [-0.39, 0.29) is 0 Å². The quantitative estimate of drug-likeness (QED) is 0.451. The summed E-state index contributed by atoms with van der Waals surface area (Å²) in [6.45, 7) is 2.03. The Morgan fingerprint density at radius 3 is 3.07 bits per heavy atom. The summed E-state index contributed by atoms with van der Waals surface area (Å²) >= 11 is 0.934. The maximum absolute atomic E-state index is 10.7. The molecule has 0 saturated heterocycles. The van der Waals surface area contributed by atoms with Crippen LogP contribution in [0, 0.1) is 0 Å². The largest absolute Gasteiger partial charge is 0.521 e. The zero-order valence-corrected chi connectivity index (χ0v) is 9.14. The number of carbonyl (C=O) groups excluding carboxylic acids is 1. The SMILES string of the molecule is CCOC(=O)OSSc1ccccn1. The highest BCUT2D eigenvalue weighted by Crippen LogP contribution is 2.29. The molecule has 0 aliphatic heterocycles. The molecular weight excluding hydrogens is 222 g/mol. The Balaban J connectivity index is 2.19. The van der Waals surface area contributed by atoms with E-state index in [1.165, 1.54) is 10.8 Å². The van der Waals surface area contributed by atoms with E-state index >= 15 is 0 Å². The third-order valence-corrected chi connectivity index (χ3v) is 2.73. The number of rotatable bonds is 4. The number of aromatic nitrogens is 1. The van der Waals surface area contributed by atoms with Crippen molar-refractivity contribution >= 4 is 28.0 Å². The molecule has 0 bridgehead atoms. The number of hydrogen-bond donors (Lipinski definition) is 0. The molecule has 6 heteroatoms. The molecule has 1 rings (SSSR count). The summed E-state index contributed by atoms with van der Waals surface area (Å²) in [4.78, 5) is 14.8. The second-order valence-corrected chi connectivity index (χ2v) is 3.88. The number of carbonyl (C=O) groups is 1. The van der Waals surface area contributed by atoms with Crippen LogP contribution in [-0.4, -0.2) is 17.7 Å². The summed E-state index contributed by atoms with van der Waals surface area (Å²) in [6.07, 6.45) is 0.994. The molecule has 1 aromatic rings. The molecule has 76 valence electrons. The van der Waals surface area contributed by atoms with E-state index in [2.05, 4.69) is 13.9 Å². The highest BCUT2D eigenvalue weighted by molar-refractivity contribution is 8.75.